The van der Waals surface area contributed by atoms with E-state index in [1.807, 2.05) is 0 Å². The number of rotatable bonds is 0. The highest BCUT2D eigenvalue weighted by Gasteiger charge is 2.24. The van der Waals surface area contributed by atoms with Crippen molar-refractivity contribution in [2.45, 2.75) is 12.5 Å². The van der Waals surface area contributed by atoms with Gasteiger partial charge in [0.1, 0.15) is 5.75 Å². The van der Waals surface area contributed by atoms with Gasteiger partial charge in [-0.05, 0) is 22.0 Å². The average Bonchev–Trinajstić information content (AvgIpc) is 2.17. The zero-order valence-electron chi connectivity index (χ0n) is 7.19. The molecule has 5 heteroatoms. The number of hydrogen-bond donors (Lipinski definition) is 1. The van der Waals surface area contributed by atoms with E-state index in [9.17, 15) is 8.78 Å². The van der Waals surface area contributed by atoms with Gasteiger partial charge in [-0.1, -0.05) is 0 Å². The number of ether oxygens (including phenoxy) is 1. The zero-order chi connectivity index (χ0) is 10.3. The summed E-state index contributed by atoms with van der Waals surface area (Å²) >= 11 is 2.95. The summed E-state index contributed by atoms with van der Waals surface area (Å²) in [5, 5.41) is 0. The van der Waals surface area contributed by atoms with Crippen molar-refractivity contribution in [3.05, 3.63) is 27.7 Å². The van der Waals surface area contributed by atoms with E-state index in [0.29, 0.717) is 24.3 Å². The normalized spacial score (nSPS) is 20.1. The van der Waals surface area contributed by atoms with E-state index in [0.717, 1.165) is 6.07 Å². The molecular weight excluding hydrogens is 256 g/mol. The third-order valence-electron chi connectivity index (χ3n) is 2.22. The highest BCUT2D eigenvalue weighted by atomic mass is 79.9. The van der Waals surface area contributed by atoms with Crippen molar-refractivity contribution in [1.29, 1.82) is 0 Å². The van der Waals surface area contributed by atoms with E-state index in [4.69, 9.17) is 10.5 Å². The number of hydrogen-bond acceptors (Lipinski definition) is 2. The summed E-state index contributed by atoms with van der Waals surface area (Å²) < 4.78 is 31.4. The summed E-state index contributed by atoms with van der Waals surface area (Å²) in [6.45, 7) is 0.428. The SMILES string of the molecule is N[C@H]1CCOc2c1cc(F)c(F)c2Br. The van der Waals surface area contributed by atoms with Gasteiger partial charge in [-0.3, -0.25) is 0 Å². The fourth-order valence-electron chi connectivity index (χ4n) is 1.46. The van der Waals surface area contributed by atoms with Crippen LogP contribution in [-0.4, -0.2) is 6.61 Å². The molecule has 0 aliphatic carbocycles. The molecule has 0 spiro atoms. The minimum Gasteiger partial charge on any atom is -0.492 e. The highest BCUT2D eigenvalue weighted by molar-refractivity contribution is 9.10. The Hall–Kier alpha value is -0.680. The Labute approximate surface area is 88.2 Å². The molecule has 2 rings (SSSR count). The van der Waals surface area contributed by atoms with Gasteiger partial charge < -0.3 is 10.5 Å². The van der Waals surface area contributed by atoms with Crippen LogP contribution in [-0.2, 0) is 0 Å². The first-order valence-electron chi connectivity index (χ1n) is 4.17. The van der Waals surface area contributed by atoms with E-state index in [1.54, 1.807) is 0 Å². The van der Waals surface area contributed by atoms with Gasteiger partial charge in [-0.25, -0.2) is 8.78 Å². The van der Waals surface area contributed by atoms with Crippen molar-refractivity contribution >= 4 is 15.9 Å². The fraction of sp³-hybridized carbons (Fsp3) is 0.333. The maximum Gasteiger partial charge on any atom is 0.176 e. The van der Waals surface area contributed by atoms with E-state index in [-0.39, 0.29) is 10.5 Å². The summed E-state index contributed by atoms with van der Waals surface area (Å²) in [4.78, 5) is 0. The predicted molar refractivity (Wildman–Crippen MR) is 51.1 cm³/mol. The molecule has 0 fully saturated rings. The molecule has 0 saturated heterocycles. The van der Waals surface area contributed by atoms with Gasteiger partial charge in [0.25, 0.3) is 0 Å². The van der Waals surface area contributed by atoms with Crippen molar-refractivity contribution in [3.63, 3.8) is 0 Å². The summed E-state index contributed by atoms with van der Waals surface area (Å²) in [6, 6.07) is 0.810. The largest absolute Gasteiger partial charge is 0.492 e. The summed E-state index contributed by atoms with van der Waals surface area (Å²) in [5.41, 5.74) is 6.26. The van der Waals surface area contributed by atoms with Crippen LogP contribution in [0, 0.1) is 11.6 Å². The molecule has 0 radical (unpaired) electrons. The molecule has 1 atom stereocenters. The third-order valence-corrected chi connectivity index (χ3v) is 2.93. The van der Waals surface area contributed by atoms with Gasteiger partial charge in [-0.2, -0.15) is 0 Å². The number of halogens is 3. The van der Waals surface area contributed by atoms with Crippen molar-refractivity contribution in [1.82, 2.24) is 0 Å². The van der Waals surface area contributed by atoms with Crippen LogP contribution in [0.4, 0.5) is 8.78 Å². The Kier molecular flexibility index (Phi) is 2.45. The van der Waals surface area contributed by atoms with E-state index in [2.05, 4.69) is 15.9 Å². The monoisotopic (exact) mass is 263 g/mol. The second-order valence-corrected chi connectivity index (χ2v) is 3.94. The lowest BCUT2D eigenvalue weighted by Gasteiger charge is -2.24. The van der Waals surface area contributed by atoms with Crippen LogP contribution in [0.15, 0.2) is 10.5 Å². The molecule has 1 aliphatic rings. The van der Waals surface area contributed by atoms with Crippen molar-refractivity contribution in [2.24, 2.45) is 5.73 Å². The van der Waals surface area contributed by atoms with Gasteiger partial charge in [0, 0.05) is 18.0 Å². The Morgan fingerprint density at radius 1 is 1.50 bits per heavy atom. The molecule has 1 heterocycles. The average molecular weight is 264 g/mol. The molecule has 0 amide bonds. The minimum absolute atomic E-state index is 0.0163. The highest BCUT2D eigenvalue weighted by Crippen LogP contribution is 2.39. The van der Waals surface area contributed by atoms with Crippen molar-refractivity contribution in [3.8, 4) is 5.75 Å². The minimum atomic E-state index is -0.933. The molecule has 1 aromatic carbocycles. The lowest BCUT2D eigenvalue weighted by Crippen LogP contribution is -2.21. The molecule has 76 valence electrons. The maximum absolute atomic E-state index is 13.1. The summed E-state index contributed by atoms with van der Waals surface area (Å²) in [7, 11) is 0. The molecule has 0 saturated carbocycles. The maximum atomic E-state index is 13.1. The molecule has 0 aromatic heterocycles. The third kappa shape index (κ3) is 1.40. The first kappa shape index (κ1) is 9.86. The zero-order valence-corrected chi connectivity index (χ0v) is 8.77. The molecule has 2 nitrogen and oxygen atoms in total. The van der Waals surface area contributed by atoms with Crippen LogP contribution in [0.2, 0.25) is 0 Å². The predicted octanol–water partition coefficient (Wildman–Crippen LogP) is 2.51. The van der Waals surface area contributed by atoms with Crippen LogP contribution in [0.3, 0.4) is 0 Å². The van der Waals surface area contributed by atoms with Gasteiger partial charge in [0.15, 0.2) is 11.6 Å². The molecule has 0 bridgehead atoms. The summed E-state index contributed by atoms with van der Waals surface area (Å²) in [6.07, 6.45) is 0.616. The Bertz CT molecular complexity index is 384. The standard InChI is InChI=1S/C9H8BrF2NO/c10-7-8(12)5(11)3-4-6(13)1-2-14-9(4)7/h3,6H,1-2,13H2/t6-/m0/s1. The molecule has 1 aromatic rings. The first-order valence-corrected chi connectivity index (χ1v) is 4.96. The van der Waals surface area contributed by atoms with Crippen molar-refractivity contribution in [2.75, 3.05) is 6.61 Å². The second kappa shape index (κ2) is 3.47. The molecule has 14 heavy (non-hydrogen) atoms. The second-order valence-electron chi connectivity index (χ2n) is 3.15. The van der Waals surface area contributed by atoms with Gasteiger partial charge in [0.05, 0.1) is 11.1 Å². The van der Waals surface area contributed by atoms with Crippen LogP contribution < -0.4 is 10.5 Å². The van der Waals surface area contributed by atoms with Gasteiger partial charge >= 0.3 is 0 Å². The summed E-state index contributed by atoms with van der Waals surface area (Å²) in [5.74, 6) is -1.52. The first-order chi connectivity index (χ1) is 6.61. The Balaban J connectivity index is 2.63. The lowest BCUT2D eigenvalue weighted by atomic mass is 10.0. The van der Waals surface area contributed by atoms with E-state index < -0.39 is 11.6 Å². The molecule has 1 aliphatic heterocycles. The topological polar surface area (TPSA) is 35.2 Å². The van der Waals surface area contributed by atoms with E-state index >= 15 is 0 Å². The van der Waals surface area contributed by atoms with E-state index in [1.165, 1.54) is 0 Å². The lowest BCUT2D eigenvalue weighted by molar-refractivity contribution is 0.263. The smallest absolute Gasteiger partial charge is 0.176 e. The Morgan fingerprint density at radius 2 is 2.21 bits per heavy atom. The van der Waals surface area contributed by atoms with Crippen molar-refractivity contribution < 1.29 is 13.5 Å². The van der Waals surface area contributed by atoms with Crippen LogP contribution in [0.1, 0.15) is 18.0 Å². The molecular formula is C9H8BrF2NO. The number of nitrogens with two attached hydrogens (primary N) is 1. The van der Waals surface area contributed by atoms with Crippen LogP contribution in [0.25, 0.3) is 0 Å². The molecule has 0 unspecified atom stereocenters. The quantitative estimate of drug-likeness (QED) is 0.731. The number of fused-ring (bicyclic) bond motifs is 1. The Morgan fingerprint density at radius 3 is 2.93 bits per heavy atom. The fourth-order valence-corrected chi connectivity index (χ4v) is 2.00. The van der Waals surface area contributed by atoms with Crippen LogP contribution >= 0.6 is 15.9 Å². The van der Waals surface area contributed by atoms with Crippen LogP contribution in [0.5, 0.6) is 5.75 Å². The number of benzene rings is 1. The van der Waals surface area contributed by atoms with Gasteiger partial charge in [0.2, 0.25) is 0 Å². The van der Waals surface area contributed by atoms with Gasteiger partial charge in [-0.15, -0.1) is 0 Å². The molecule has 2 N–H and O–H groups in total.